The maximum Gasteiger partial charge on any atom is 0.141 e. The van der Waals surface area contributed by atoms with Crippen molar-refractivity contribution in [3.8, 4) is 22.6 Å². The normalized spacial score (nSPS) is 15.4. The van der Waals surface area contributed by atoms with Crippen LogP contribution in [0.1, 0.15) is 13.8 Å². The summed E-state index contributed by atoms with van der Waals surface area (Å²) in [6.07, 6.45) is 3.55. The lowest BCUT2D eigenvalue weighted by molar-refractivity contribution is 0.209. The number of aromatic amines is 1. The summed E-state index contributed by atoms with van der Waals surface area (Å²) in [5.74, 6) is 1.28. The van der Waals surface area contributed by atoms with Crippen molar-refractivity contribution in [3.63, 3.8) is 0 Å². The van der Waals surface area contributed by atoms with E-state index in [9.17, 15) is 4.39 Å². The van der Waals surface area contributed by atoms with Gasteiger partial charge in [-0.2, -0.15) is 0 Å². The van der Waals surface area contributed by atoms with E-state index in [1.807, 2.05) is 12.3 Å². The number of rotatable bonds is 4. The molecule has 1 aliphatic heterocycles. The van der Waals surface area contributed by atoms with Crippen molar-refractivity contribution in [2.75, 3.05) is 31.1 Å². The predicted molar refractivity (Wildman–Crippen MR) is 111 cm³/mol. The molecule has 7 heteroatoms. The molecular formula is C21H23ClFN5. The Morgan fingerprint density at radius 2 is 1.82 bits per heavy atom. The minimum atomic E-state index is -0.429. The van der Waals surface area contributed by atoms with Crippen molar-refractivity contribution in [3.05, 3.63) is 53.6 Å². The number of benzene rings is 1. The zero-order valence-corrected chi connectivity index (χ0v) is 16.7. The van der Waals surface area contributed by atoms with Gasteiger partial charge in [0.2, 0.25) is 0 Å². The van der Waals surface area contributed by atoms with Crippen molar-refractivity contribution in [2.24, 2.45) is 0 Å². The molecule has 0 atom stereocenters. The molecule has 1 aliphatic rings. The van der Waals surface area contributed by atoms with Gasteiger partial charge in [0.25, 0.3) is 0 Å². The van der Waals surface area contributed by atoms with E-state index in [1.54, 1.807) is 18.3 Å². The van der Waals surface area contributed by atoms with Crippen LogP contribution in [0.15, 0.2) is 42.7 Å². The molecule has 1 aromatic carbocycles. The Labute approximate surface area is 169 Å². The van der Waals surface area contributed by atoms with E-state index in [-0.39, 0.29) is 5.02 Å². The number of pyridine rings is 1. The molecule has 3 heterocycles. The minimum Gasteiger partial charge on any atom is -0.354 e. The highest BCUT2D eigenvalue weighted by atomic mass is 35.5. The monoisotopic (exact) mass is 399 g/mol. The number of halogens is 2. The van der Waals surface area contributed by atoms with Gasteiger partial charge in [0, 0.05) is 49.5 Å². The van der Waals surface area contributed by atoms with Crippen LogP contribution in [0, 0.1) is 5.82 Å². The van der Waals surface area contributed by atoms with Gasteiger partial charge in [-0.3, -0.25) is 4.90 Å². The quantitative estimate of drug-likeness (QED) is 0.703. The number of nitrogens with zero attached hydrogens (tertiary/aromatic N) is 4. The number of piperazine rings is 1. The largest absolute Gasteiger partial charge is 0.354 e. The third-order valence-electron chi connectivity index (χ3n) is 5.19. The number of nitrogens with one attached hydrogen (secondary N) is 1. The zero-order chi connectivity index (χ0) is 19.7. The molecule has 2 aromatic heterocycles. The molecule has 1 fully saturated rings. The molecule has 1 N–H and O–H groups in total. The third kappa shape index (κ3) is 3.88. The molecule has 0 saturated carbocycles. The molecule has 3 aromatic rings. The molecule has 0 unspecified atom stereocenters. The predicted octanol–water partition coefficient (Wildman–Crippen LogP) is 4.46. The van der Waals surface area contributed by atoms with Crippen molar-refractivity contribution < 1.29 is 4.39 Å². The Hall–Kier alpha value is -2.44. The second-order valence-electron chi connectivity index (χ2n) is 7.29. The fourth-order valence-corrected chi connectivity index (χ4v) is 3.66. The average molecular weight is 400 g/mol. The first-order chi connectivity index (χ1) is 13.5. The topological polar surface area (TPSA) is 48.0 Å². The van der Waals surface area contributed by atoms with Gasteiger partial charge in [-0.15, -0.1) is 0 Å². The van der Waals surface area contributed by atoms with Crippen LogP contribution in [0.3, 0.4) is 0 Å². The molecule has 28 heavy (non-hydrogen) atoms. The van der Waals surface area contributed by atoms with Crippen LogP contribution in [0.5, 0.6) is 0 Å². The summed E-state index contributed by atoms with van der Waals surface area (Å²) < 4.78 is 13.4. The van der Waals surface area contributed by atoms with E-state index in [4.69, 9.17) is 11.6 Å². The number of hydrogen-bond acceptors (Lipinski definition) is 4. The second-order valence-corrected chi connectivity index (χ2v) is 7.70. The molecular weight excluding hydrogens is 377 g/mol. The lowest BCUT2D eigenvalue weighted by atomic mass is 10.2. The Morgan fingerprint density at radius 3 is 2.54 bits per heavy atom. The first kappa shape index (κ1) is 18.9. The summed E-state index contributed by atoms with van der Waals surface area (Å²) in [4.78, 5) is 17.1. The molecule has 0 aliphatic carbocycles. The number of H-pyrrole nitrogens is 1. The van der Waals surface area contributed by atoms with Gasteiger partial charge in [-0.1, -0.05) is 11.6 Å². The van der Waals surface area contributed by atoms with Gasteiger partial charge in [-0.05, 0) is 44.2 Å². The summed E-state index contributed by atoms with van der Waals surface area (Å²) >= 11 is 5.90. The number of aromatic nitrogens is 3. The number of hydrogen-bond donors (Lipinski definition) is 1. The summed E-state index contributed by atoms with van der Waals surface area (Å²) in [5.41, 5.74) is 2.56. The molecule has 0 amide bonds. The van der Waals surface area contributed by atoms with Gasteiger partial charge < -0.3 is 9.88 Å². The fraction of sp³-hybridized carbons (Fsp3) is 0.333. The molecule has 146 valence electrons. The first-order valence-electron chi connectivity index (χ1n) is 9.47. The molecule has 5 nitrogen and oxygen atoms in total. The first-order valence-corrected chi connectivity index (χ1v) is 9.85. The van der Waals surface area contributed by atoms with Gasteiger partial charge >= 0.3 is 0 Å². The summed E-state index contributed by atoms with van der Waals surface area (Å²) in [6, 6.07) is 9.22. The maximum atomic E-state index is 13.4. The van der Waals surface area contributed by atoms with Crippen LogP contribution >= 0.6 is 11.6 Å². The van der Waals surface area contributed by atoms with Gasteiger partial charge in [0.1, 0.15) is 17.5 Å². The molecule has 0 radical (unpaired) electrons. The summed E-state index contributed by atoms with van der Waals surface area (Å²) in [5, 5.41) is 0.0976. The van der Waals surface area contributed by atoms with E-state index in [0.29, 0.717) is 6.04 Å². The van der Waals surface area contributed by atoms with Gasteiger partial charge in [0.15, 0.2) is 0 Å². The number of anilines is 1. The number of imidazole rings is 1. The molecule has 4 rings (SSSR count). The summed E-state index contributed by atoms with van der Waals surface area (Å²) in [6.45, 7) is 8.48. The van der Waals surface area contributed by atoms with E-state index < -0.39 is 5.82 Å². The Balaban J connectivity index is 1.54. The Bertz CT molecular complexity index is 963. The van der Waals surface area contributed by atoms with Crippen molar-refractivity contribution in [1.82, 2.24) is 19.9 Å². The van der Waals surface area contributed by atoms with Gasteiger partial charge in [-0.25, -0.2) is 14.4 Å². The van der Waals surface area contributed by atoms with Gasteiger partial charge in [0.05, 0.1) is 16.9 Å². The van der Waals surface area contributed by atoms with Crippen LogP contribution < -0.4 is 4.90 Å². The average Bonchev–Trinajstić information content (AvgIpc) is 3.20. The minimum absolute atomic E-state index is 0.0976. The van der Waals surface area contributed by atoms with Crippen LogP contribution in [0.2, 0.25) is 5.02 Å². The fourth-order valence-electron chi connectivity index (χ4n) is 3.48. The Kier molecular flexibility index (Phi) is 5.33. The van der Waals surface area contributed by atoms with Crippen molar-refractivity contribution in [1.29, 1.82) is 0 Å². The molecule has 0 spiro atoms. The molecule has 1 saturated heterocycles. The van der Waals surface area contributed by atoms with Crippen LogP contribution in [-0.4, -0.2) is 52.1 Å². The third-order valence-corrected chi connectivity index (χ3v) is 5.48. The maximum absolute atomic E-state index is 13.4. The standard InChI is InChI=1S/C21H23ClFN5/c1-14(2)27-7-9-28(10-8-27)20-12-16(5-6-24-20)21-25-13-19(26-21)15-3-4-18(23)17(22)11-15/h3-6,11-14H,7-10H2,1-2H3,(H,25,26). The molecule has 0 bridgehead atoms. The lowest BCUT2D eigenvalue weighted by Crippen LogP contribution is -2.49. The van der Waals surface area contributed by atoms with Crippen LogP contribution in [0.4, 0.5) is 10.2 Å². The zero-order valence-electron chi connectivity index (χ0n) is 16.0. The highest BCUT2D eigenvalue weighted by Crippen LogP contribution is 2.27. The summed E-state index contributed by atoms with van der Waals surface area (Å²) in [7, 11) is 0. The van der Waals surface area contributed by atoms with E-state index >= 15 is 0 Å². The van der Waals surface area contributed by atoms with E-state index in [1.165, 1.54) is 6.07 Å². The van der Waals surface area contributed by atoms with E-state index in [0.717, 1.165) is 54.6 Å². The second kappa shape index (κ2) is 7.89. The Morgan fingerprint density at radius 1 is 1.04 bits per heavy atom. The highest BCUT2D eigenvalue weighted by molar-refractivity contribution is 6.31. The van der Waals surface area contributed by atoms with Crippen LogP contribution in [-0.2, 0) is 0 Å². The SMILES string of the molecule is CC(C)N1CCN(c2cc(-c3ncc(-c4ccc(F)c(Cl)c4)[nH]3)ccn2)CC1. The lowest BCUT2D eigenvalue weighted by Gasteiger charge is -2.37. The van der Waals surface area contributed by atoms with Crippen molar-refractivity contribution >= 4 is 17.4 Å². The highest BCUT2D eigenvalue weighted by Gasteiger charge is 2.20. The van der Waals surface area contributed by atoms with Crippen LogP contribution in [0.25, 0.3) is 22.6 Å². The van der Waals surface area contributed by atoms with Crippen molar-refractivity contribution in [2.45, 2.75) is 19.9 Å². The van der Waals surface area contributed by atoms with E-state index in [2.05, 4.69) is 44.7 Å². The smallest absolute Gasteiger partial charge is 0.141 e.